The van der Waals surface area contributed by atoms with Crippen molar-refractivity contribution in [1.29, 1.82) is 0 Å². The van der Waals surface area contributed by atoms with Gasteiger partial charge in [-0.25, -0.2) is 0 Å². The number of hydrogen-bond donors (Lipinski definition) is 2. The van der Waals surface area contributed by atoms with E-state index >= 15 is 0 Å². The van der Waals surface area contributed by atoms with Crippen LogP contribution in [0.2, 0.25) is 0 Å². The second kappa shape index (κ2) is 5.64. The summed E-state index contributed by atoms with van der Waals surface area (Å²) in [5.41, 5.74) is 3.39. The van der Waals surface area contributed by atoms with Gasteiger partial charge in [-0.05, 0) is 28.7 Å². The largest absolute Gasteiger partial charge is 0.481 e. The van der Waals surface area contributed by atoms with Crippen LogP contribution in [0.15, 0.2) is 48.5 Å². The molecule has 2 aromatic rings. The zero-order chi connectivity index (χ0) is 15.7. The van der Waals surface area contributed by atoms with Crippen molar-refractivity contribution in [3.63, 3.8) is 0 Å². The first-order valence-corrected chi connectivity index (χ1v) is 7.22. The molecule has 0 saturated heterocycles. The van der Waals surface area contributed by atoms with Gasteiger partial charge in [0.1, 0.15) is 5.92 Å². The van der Waals surface area contributed by atoms with Crippen LogP contribution in [-0.2, 0) is 9.59 Å². The van der Waals surface area contributed by atoms with Crippen molar-refractivity contribution in [2.45, 2.75) is 24.7 Å². The maximum Gasteiger partial charge on any atom is 0.315 e. The number of fused-ring (bicyclic) bond motifs is 2. The van der Waals surface area contributed by atoms with E-state index in [-0.39, 0.29) is 12.3 Å². The third kappa shape index (κ3) is 2.37. The molecule has 4 nitrogen and oxygen atoms in total. The normalized spacial score (nSPS) is 19.1. The molecule has 112 valence electrons. The van der Waals surface area contributed by atoms with E-state index in [1.165, 1.54) is 0 Å². The van der Waals surface area contributed by atoms with Crippen LogP contribution in [0.4, 0.5) is 0 Å². The molecule has 0 atom stereocenters. The van der Waals surface area contributed by atoms with Crippen LogP contribution in [0.25, 0.3) is 0 Å². The lowest BCUT2D eigenvalue weighted by Gasteiger charge is -2.32. The van der Waals surface area contributed by atoms with Crippen LogP contribution in [0.3, 0.4) is 0 Å². The Bertz CT molecular complexity index is 688. The Labute approximate surface area is 128 Å². The van der Waals surface area contributed by atoms with Gasteiger partial charge in [-0.3, -0.25) is 9.59 Å². The summed E-state index contributed by atoms with van der Waals surface area (Å²) >= 11 is 0. The molecule has 0 aromatic heterocycles. The molecule has 0 unspecified atom stereocenters. The van der Waals surface area contributed by atoms with Crippen molar-refractivity contribution in [2.75, 3.05) is 0 Å². The van der Waals surface area contributed by atoms with Crippen LogP contribution >= 0.6 is 0 Å². The number of hydrogen-bond acceptors (Lipinski definition) is 2. The van der Waals surface area contributed by atoms with E-state index in [0.29, 0.717) is 6.42 Å². The van der Waals surface area contributed by atoms with Crippen molar-refractivity contribution in [2.24, 2.45) is 0 Å². The van der Waals surface area contributed by atoms with E-state index in [1.54, 1.807) is 0 Å². The predicted molar refractivity (Wildman–Crippen MR) is 81.1 cm³/mol. The van der Waals surface area contributed by atoms with E-state index in [2.05, 4.69) is 0 Å². The van der Waals surface area contributed by atoms with Crippen LogP contribution in [0.5, 0.6) is 0 Å². The molecule has 0 bridgehead atoms. The molecule has 0 radical (unpaired) electrons. The molecule has 0 heterocycles. The van der Waals surface area contributed by atoms with Gasteiger partial charge in [-0.1, -0.05) is 48.5 Å². The van der Waals surface area contributed by atoms with E-state index in [9.17, 15) is 14.7 Å². The first kappa shape index (κ1) is 14.3. The first-order chi connectivity index (χ1) is 10.6. The number of aliphatic carboxylic acids is 2. The van der Waals surface area contributed by atoms with Crippen molar-refractivity contribution < 1.29 is 19.8 Å². The highest BCUT2D eigenvalue weighted by Gasteiger charge is 2.35. The van der Waals surface area contributed by atoms with E-state index in [1.807, 2.05) is 48.5 Å². The number of carbonyl (C=O) groups is 2. The van der Waals surface area contributed by atoms with Crippen molar-refractivity contribution in [1.82, 2.24) is 0 Å². The Morgan fingerprint density at radius 3 is 1.68 bits per heavy atom. The smallest absolute Gasteiger partial charge is 0.315 e. The van der Waals surface area contributed by atoms with Gasteiger partial charge in [0.15, 0.2) is 0 Å². The summed E-state index contributed by atoms with van der Waals surface area (Å²) < 4.78 is 0. The Morgan fingerprint density at radius 1 is 0.818 bits per heavy atom. The minimum Gasteiger partial charge on any atom is -0.481 e. The molecule has 1 aliphatic rings. The van der Waals surface area contributed by atoms with Crippen LogP contribution in [-0.4, -0.2) is 22.2 Å². The summed E-state index contributed by atoms with van der Waals surface area (Å²) in [5, 5.41) is 18.6. The molecule has 0 fully saturated rings. The fourth-order valence-electron chi connectivity index (χ4n) is 3.36. The predicted octanol–water partition coefficient (Wildman–Crippen LogP) is 3.21. The Balaban J connectivity index is 2.16. The third-order valence-electron chi connectivity index (χ3n) is 4.26. The van der Waals surface area contributed by atoms with Gasteiger partial charge in [0.2, 0.25) is 0 Å². The Hall–Kier alpha value is -2.62. The monoisotopic (exact) mass is 296 g/mol. The Kier molecular flexibility index (Phi) is 3.67. The maximum atomic E-state index is 11.8. The summed E-state index contributed by atoms with van der Waals surface area (Å²) in [4.78, 5) is 22.7. The quantitative estimate of drug-likeness (QED) is 0.908. The highest BCUT2D eigenvalue weighted by Crippen LogP contribution is 2.45. The second-order valence-electron chi connectivity index (χ2n) is 5.51. The van der Waals surface area contributed by atoms with E-state index in [4.69, 9.17) is 5.11 Å². The third-order valence-corrected chi connectivity index (χ3v) is 4.26. The summed E-state index contributed by atoms with van der Waals surface area (Å²) in [6.45, 7) is 0. The van der Waals surface area contributed by atoms with Gasteiger partial charge >= 0.3 is 11.9 Å². The first-order valence-electron chi connectivity index (χ1n) is 7.22. The summed E-state index contributed by atoms with van der Waals surface area (Å²) in [7, 11) is 0. The molecule has 0 amide bonds. The summed E-state index contributed by atoms with van der Waals surface area (Å²) in [6, 6.07) is 14.9. The zero-order valence-electron chi connectivity index (χ0n) is 11.9. The average Bonchev–Trinajstić information content (AvgIpc) is 2.50. The lowest BCUT2D eigenvalue weighted by Crippen LogP contribution is -2.24. The molecule has 0 spiro atoms. The van der Waals surface area contributed by atoms with Crippen LogP contribution in [0, 0.1) is 0 Å². The molecule has 1 aliphatic carbocycles. The van der Waals surface area contributed by atoms with Crippen molar-refractivity contribution >= 4 is 11.9 Å². The van der Waals surface area contributed by atoms with Crippen molar-refractivity contribution in [3.8, 4) is 0 Å². The fraction of sp³-hybridized carbons (Fsp3) is 0.222. The average molecular weight is 296 g/mol. The minimum atomic E-state index is -0.878. The molecule has 0 aliphatic heterocycles. The molecule has 2 N–H and O–H groups in total. The molecule has 4 heteroatoms. The zero-order valence-corrected chi connectivity index (χ0v) is 11.9. The van der Waals surface area contributed by atoms with E-state index < -0.39 is 17.9 Å². The summed E-state index contributed by atoms with van der Waals surface area (Å²) in [5.74, 6) is -2.47. The molecule has 3 rings (SSSR count). The molecule has 22 heavy (non-hydrogen) atoms. The molecular formula is C18H16O4. The number of carboxylic acids is 2. The Morgan fingerprint density at radius 2 is 1.27 bits per heavy atom. The number of benzene rings is 2. The fourth-order valence-corrected chi connectivity index (χ4v) is 3.36. The number of rotatable bonds is 4. The van der Waals surface area contributed by atoms with Gasteiger partial charge in [0.05, 0.1) is 0 Å². The second-order valence-corrected chi connectivity index (χ2v) is 5.51. The van der Waals surface area contributed by atoms with Gasteiger partial charge in [-0.15, -0.1) is 0 Å². The number of carboxylic acid groups (broad SMARTS) is 2. The van der Waals surface area contributed by atoms with E-state index in [0.717, 1.165) is 22.3 Å². The molecular weight excluding hydrogens is 280 g/mol. The highest BCUT2D eigenvalue weighted by atomic mass is 16.4. The van der Waals surface area contributed by atoms with Gasteiger partial charge in [0, 0.05) is 12.3 Å². The van der Waals surface area contributed by atoms with Gasteiger partial charge in [0.25, 0.3) is 0 Å². The molecule has 2 aromatic carbocycles. The maximum absolute atomic E-state index is 11.8. The lowest BCUT2D eigenvalue weighted by atomic mass is 9.71. The van der Waals surface area contributed by atoms with Crippen LogP contribution in [0.1, 0.15) is 46.9 Å². The van der Waals surface area contributed by atoms with Crippen molar-refractivity contribution in [3.05, 3.63) is 70.8 Å². The van der Waals surface area contributed by atoms with Gasteiger partial charge in [-0.2, -0.15) is 0 Å². The SMILES string of the molecule is O=C(O)CCC1c2ccccc2C(C(=O)O)c2ccccc21. The standard InChI is InChI=1S/C18H16O4/c19-16(20)10-9-13-11-5-1-3-7-14(11)17(18(21)22)15-8-4-2-6-12(13)15/h1-8,13,17H,9-10H2,(H,19,20)(H,21,22). The van der Waals surface area contributed by atoms with Gasteiger partial charge < -0.3 is 10.2 Å². The minimum absolute atomic E-state index is 0.0606. The molecule has 0 saturated carbocycles. The summed E-state index contributed by atoms with van der Waals surface area (Å²) in [6.07, 6.45) is 0.529. The topological polar surface area (TPSA) is 74.6 Å². The lowest BCUT2D eigenvalue weighted by molar-refractivity contribution is -0.138. The highest BCUT2D eigenvalue weighted by molar-refractivity contribution is 5.83. The van der Waals surface area contributed by atoms with Crippen LogP contribution < -0.4 is 0 Å².